The van der Waals surface area contributed by atoms with Crippen LogP contribution in [-0.4, -0.2) is 49.6 Å². The van der Waals surface area contributed by atoms with Crippen LogP contribution in [0.5, 0.6) is 11.5 Å². The van der Waals surface area contributed by atoms with Gasteiger partial charge < -0.3 is 19.5 Å². The molecule has 0 heterocycles. The van der Waals surface area contributed by atoms with Gasteiger partial charge in [-0.3, -0.25) is 4.79 Å². The normalized spacial score (nSPS) is 12.4. The number of benzene rings is 2. The monoisotopic (exact) mass is 465 g/mol. The highest BCUT2D eigenvalue weighted by molar-refractivity contribution is 6.42. The van der Waals surface area contributed by atoms with Gasteiger partial charge >= 0.3 is 6.36 Å². The molecule has 0 aromatic heterocycles. The second-order valence-corrected chi connectivity index (χ2v) is 7.29. The molecule has 0 spiro atoms. The molecule has 2 rings (SSSR count). The highest BCUT2D eigenvalue weighted by Crippen LogP contribution is 2.31. The largest absolute Gasteiger partial charge is 0.573 e. The van der Waals surface area contributed by atoms with Gasteiger partial charge in [-0.25, -0.2) is 0 Å². The van der Waals surface area contributed by atoms with E-state index in [1.54, 1.807) is 18.2 Å². The summed E-state index contributed by atoms with van der Waals surface area (Å²) in [6.07, 6.45) is -4.55. The third kappa shape index (κ3) is 6.42. The lowest BCUT2D eigenvalue weighted by atomic mass is 9.95. The van der Waals surface area contributed by atoms with Crippen LogP contribution in [0.15, 0.2) is 36.4 Å². The van der Waals surface area contributed by atoms with Crippen molar-refractivity contribution in [2.75, 3.05) is 27.3 Å². The van der Waals surface area contributed by atoms with E-state index in [-0.39, 0.29) is 30.4 Å². The lowest BCUT2D eigenvalue weighted by Crippen LogP contribution is -2.32. The predicted octanol–water partition coefficient (Wildman–Crippen LogP) is 5.14. The first-order valence-electron chi connectivity index (χ1n) is 8.80. The zero-order valence-corrected chi connectivity index (χ0v) is 17.7. The van der Waals surface area contributed by atoms with Gasteiger partial charge in [0, 0.05) is 26.1 Å². The summed E-state index contributed by atoms with van der Waals surface area (Å²) in [4.78, 5) is 14.3. The lowest BCUT2D eigenvalue weighted by molar-refractivity contribution is -0.274. The van der Waals surface area contributed by atoms with Crippen LogP contribution in [0.4, 0.5) is 13.2 Å². The summed E-state index contributed by atoms with van der Waals surface area (Å²) >= 11 is 12.0. The first-order chi connectivity index (χ1) is 14.1. The highest BCUT2D eigenvalue weighted by Gasteiger charge is 2.32. The molecule has 1 amide bonds. The maximum atomic E-state index is 12.9. The van der Waals surface area contributed by atoms with Crippen LogP contribution in [-0.2, 0) is 0 Å². The summed E-state index contributed by atoms with van der Waals surface area (Å²) < 4.78 is 46.6. The molecule has 2 aromatic rings. The van der Waals surface area contributed by atoms with E-state index in [9.17, 15) is 23.1 Å². The second-order valence-electron chi connectivity index (χ2n) is 6.48. The van der Waals surface area contributed by atoms with Crippen LogP contribution in [0.1, 0.15) is 28.3 Å². The van der Waals surface area contributed by atoms with Gasteiger partial charge in [0.2, 0.25) is 0 Å². The van der Waals surface area contributed by atoms with Crippen molar-refractivity contribution < 1.29 is 32.5 Å². The third-order valence-electron chi connectivity index (χ3n) is 4.37. The number of ether oxygens (including phenoxy) is 2. The summed E-state index contributed by atoms with van der Waals surface area (Å²) in [5.41, 5.74) is 0.679. The quantitative estimate of drug-likeness (QED) is 0.586. The molecule has 5 nitrogen and oxygen atoms in total. The van der Waals surface area contributed by atoms with Crippen molar-refractivity contribution in [1.82, 2.24) is 4.90 Å². The van der Waals surface area contributed by atoms with Crippen LogP contribution >= 0.6 is 23.2 Å². The minimum absolute atomic E-state index is 0.0846. The molecule has 0 saturated heterocycles. The summed E-state index contributed by atoms with van der Waals surface area (Å²) in [6.45, 7) is 0.0377. The number of methoxy groups -OCH3 is 1. The van der Waals surface area contributed by atoms with Crippen molar-refractivity contribution in [3.63, 3.8) is 0 Å². The summed E-state index contributed by atoms with van der Waals surface area (Å²) in [6, 6.07) is 8.28. The van der Waals surface area contributed by atoms with Gasteiger partial charge in [0.05, 0.1) is 22.7 Å². The van der Waals surface area contributed by atoms with Crippen molar-refractivity contribution in [2.24, 2.45) is 0 Å². The topological polar surface area (TPSA) is 59.0 Å². The number of hydrogen-bond donors (Lipinski definition) is 1. The Balaban J connectivity index is 2.27. The standard InChI is InChI=1S/C20H20Cl2F3NO4/c1-26(11-13(7-8-27)12-3-5-16(21)17(22)9-12)19(28)15-10-14(30-20(23,24)25)4-6-18(15)29-2/h3-6,9-10,13,27H,7-8,11H2,1-2H3. The van der Waals surface area contributed by atoms with Crippen molar-refractivity contribution in [3.05, 3.63) is 57.6 Å². The number of nitrogens with zero attached hydrogens (tertiary/aromatic N) is 1. The van der Waals surface area contributed by atoms with Crippen LogP contribution in [0.2, 0.25) is 10.0 Å². The SMILES string of the molecule is COc1ccc(OC(F)(F)F)cc1C(=O)N(C)CC(CCO)c1ccc(Cl)c(Cl)c1. The number of amides is 1. The van der Waals surface area contributed by atoms with Gasteiger partial charge in [0.1, 0.15) is 11.5 Å². The van der Waals surface area contributed by atoms with Crippen LogP contribution in [0.3, 0.4) is 0 Å². The number of carbonyl (C=O) groups is 1. The zero-order valence-electron chi connectivity index (χ0n) is 16.2. The Hall–Kier alpha value is -2.16. The third-order valence-corrected chi connectivity index (χ3v) is 5.11. The van der Waals surface area contributed by atoms with E-state index in [1.807, 2.05) is 0 Å². The van der Waals surface area contributed by atoms with E-state index in [0.29, 0.717) is 16.5 Å². The smallest absolute Gasteiger partial charge is 0.496 e. The van der Waals surface area contributed by atoms with Gasteiger partial charge in [-0.15, -0.1) is 13.2 Å². The van der Waals surface area contributed by atoms with Crippen molar-refractivity contribution in [2.45, 2.75) is 18.7 Å². The van der Waals surface area contributed by atoms with Gasteiger partial charge in [-0.05, 0) is 42.3 Å². The Kier molecular flexibility index (Phi) is 8.23. The summed E-state index contributed by atoms with van der Waals surface area (Å²) in [5.74, 6) is -1.27. The molecule has 1 atom stereocenters. The molecular formula is C20H20Cl2F3NO4. The molecule has 1 unspecified atom stereocenters. The Morgan fingerprint density at radius 2 is 1.87 bits per heavy atom. The first kappa shape index (κ1) is 24.1. The second kappa shape index (κ2) is 10.2. The molecule has 1 N–H and O–H groups in total. The number of aliphatic hydroxyl groups is 1. The van der Waals surface area contributed by atoms with Crippen LogP contribution in [0, 0.1) is 0 Å². The number of likely N-dealkylation sites (N-methyl/N-ethyl adjacent to an activating group) is 1. The van der Waals surface area contributed by atoms with Gasteiger partial charge in [-0.1, -0.05) is 29.3 Å². The van der Waals surface area contributed by atoms with E-state index in [2.05, 4.69) is 4.74 Å². The van der Waals surface area contributed by atoms with E-state index < -0.39 is 18.0 Å². The average molecular weight is 466 g/mol. The maximum Gasteiger partial charge on any atom is 0.573 e. The predicted molar refractivity (Wildman–Crippen MR) is 108 cm³/mol. The van der Waals surface area contributed by atoms with Crippen LogP contribution in [0.25, 0.3) is 0 Å². The zero-order chi connectivity index (χ0) is 22.5. The molecule has 10 heteroatoms. The molecule has 0 radical (unpaired) electrons. The van der Waals surface area contributed by atoms with Crippen LogP contribution < -0.4 is 9.47 Å². The maximum absolute atomic E-state index is 12.9. The molecule has 0 aliphatic heterocycles. The number of halogens is 5. The molecule has 0 saturated carbocycles. The number of carbonyl (C=O) groups excluding carboxylic acids is 1. The van der Waals surface area contributed by atoms with E-state index in [1.165, 1.54) is 25.1 Å². The lowest BCUT2D eigenvalue weighted by Gasteiger charge is -2.25. The fourth-order valence-corrected chi connectivity index (χ4v) is 3.26. The van der Waals surface area contributed by atoms with E-state index >= 15 is 0 Å². The van der Waals surface area contributed by atoms with E-state index in [4.69, 9.17) is 27.9 Å². The fraction of sp³-hybridized carbons (Fsp3) is 0.350. The number of rotatable bonds is 8. The van der Waals surface area contributed by atoms with Gasteiger partial charge in [0.15, 0.2) is 0 Å². The number of aliphatic hydroxyl groups excluding tert-OH is 1. The Morgan fingerprint density at radius 3 is 2.43 bits per heavy atom. The molecule has 0 aliphatic rings. The van der Waals surface area contributed by atoms with Gasteiger partial charge in [0.25, 0.3) is 5.91 Å². The van der Waals surface area contributed by atoms with Crippen molar-refractivity contribution in [1.29, 1.82) is 0 Å². The molecule has 164 valence electrons. The molecule has 30 heavy (non-hydrogen) atoms. The highest BCUT2D eigenvalue weighted by atomic mass is 35.5. The average Bonchev–Trinajstić information content (AvgIpc) is 2.67. The van der Waals surface area contributed by atoms with Crippen molar-refractivity contribution in [3.8, 4) is 11.5 Å². The van der Waals surface area contributed by atoms with Gasteiger partial charge in [-0.2, -0.15) is 0 Å². The summed E-state index contributed by atoms with van der Waals surface area (Å²) in [7, 11) is 2.81. The summed E-state index contributed by atoms with van der Waals surface area (Å²) in [5, 5.41) is 10.1. The molecular weight excluding hydrogens is 446 g/mol. The number of hydrogen-bond acceptors (Lipinski definition) is 4. The molecule has 0 aliphatic carbocycles. The minimum Gasteiger partial charge on any atom is -0.496 e. The fourth-order valence-electron chi connectivity index (χ4n) is 2.96. The Morgan fingerprint density at radius 1 is 1.17 bits per heavy atom. The minimum atomic E-state index is -4.89. The van der Waals surface area contributed by atoms with E-state index in [0.717, 1.165) is 17.7 Å². The molecule has 2 aromatic carbocycles. The Labute approximate surface area is 181 Å². The molecule has 0 fully saturated rings. The molecule has 0 bridgehead atoms. The van der Waals surface area contributed by atoms with Crippen molar-refractivity contribution >= 4 is 29.1 Å². The Bertz CT molecular complexity index is 893. The first-order valence-corrected chi connectivity index (χ1v) is 9.56. The number of alkyl halides is 3.